The zero-order valence-corrected chi connectivity index (χ0v) is 15.6. The summed E-state index contributed by atoms with van der Waals surface area (Å²) in [4.78, 5) is 14.8. The standard InChI is InChI=1S/C20H28N2O2S/c23-19(22-14-6-9-16-8-4-5-12-18(16)22)13-7-15-24-20(25)21-17-10-2-1-3-11-17/h1-3,10-11,16,18H,4-9,12-15H2,(H,21,25). The maximum Gasteiger partial charge on any atom is 0.261 e. The number of nitrogens with zero attached hydrogens (tertiary/aromatic N) is 1. The van der Waals surface area contributed by atoms with Crippen molar-refractivity contribution in [1.29, 1.82) is 0 Å². The lowest BCUT2D eigenvalue weighted by molar-refractivity contribution is -0.137. The maximum atomic E-state index is 12.6. The molecule has 2 aliphatic rings. The zero-order chi connectivity index (χ0) is 17.5. The van der Waals surface area contributed by atoms with Crippen LogP contribution in [0.15, 0.2) is 30.3 Å². The molecule has 3 rings (SSSR count). The van der Waals surface area contributed by atoms with Gasteiger partial charge in [-0.05, 0) is 62.4 Å². The molecule has 1 heterocycles. The van der Waals surface area contributed by atoms with Crippen molar-refractivity contribution in [3.63, 3.8) is 0 Å². The smallest absolute Gasteiger partial charge is 0.261 e. The van der Waals surface area contributed by atoms with E-state index in [1.165, 1.54) is 32.1 Å². The van der Waals surface area contributed by atoms with Crippen LogP contribution in [0.1, 0.15) is 51.4 Å². The van der Waals surface area contributed by atoms with Crippen molar-refractivity contribution in [1.82, 2.24) is 4.90 Å². The second kappa shape index (κ2) is 9.18. The molecule has 5 heteroatoms. The molecule has 0 bridgehead atoms. The summed E-state index contributed by atoms with van der Waals surface area (Å²) in [5, 5.41) is 3.41. The van der Waals surface area contributed by atoms with E-state index in [0.717, 1.165) is 24.6 Å². The highest BCUT2D eigenvalue weighted by atomic mass is 32.1. The number of likely N-dealkylation sites (tertiary alicyclic amines) is 1. The van der Waals surface area contributed by atoms with E-state index >= 15 is 0 Å². The van der Waals surface area contributed by atoms with Gasteiger partial charge in [0.25, 0.3) is 5.17 Å². The lowest BCUT2D eigenvalue weighted by Gasteiger charge is -2.44. The molecule has 1 aromatic rings. The van der Waals surface area contributed by atoms with Crippen LogP contribution in [-0.4, -0.2) is 35.2 Å². The Hall–Kier alpha value is -1.62. The third kappa shape index (κ3) is 5.18. The number of fused-ring (bicyclic) bond motifs is 1. The first-order valence-electron chi connectivity index (χ1n) is 9.52. The van der Waals surface area contributed by atoms with Crippen LogP contribution in [0.2, 0.25) is 0 Å². The van der Waals surface area contributed by atoms with Gasteiger partial charge in [-0.2, -0.15) is 0 Å². The number of carbonyl (C=O) groups excluding carboxylic acids is 1. The van der Waals surface area contributed by atoms with Crippen molar-refractivity contribution in [2.24, 2.45) is 5.92 Å². The van der Waals surface area contributed by atoms with Gasteiger partial charge in [0, 0.05) is 24.7 Å². The van der Waals surface area contributed by atoms with Crippen molar-refractivity contribution < 1.29 is 9.53 Å². The number of carbonyl (C=O) groups is 1. The fourth-order valence-corrected chi connectivity index (χ4v) is 4.34. The minimum absolute atomic E-state index is 0.294. The van der Waals surface area contributed by atoms with Gasteiger partial charge in [-0.15, -0.1) is 0 Å². The minimum atomic E-state index is 0.294. The van der Waals surface area contributed by atoms with Gasteiger partial charge in [0.2, 0.25) is 5.91 Å². The quantitative estimate of drug-likeness (QED) is 0.626. The van der Waals surface area contributed by atoms with Crippen LogP contribution in [0.5, 0.6) is 0 Å². The number of ether oxygens (including phenoxy) is 1. The van der Waals surface area contributed by atoms with Crippen molar-refractivity contribution in [2.75, 3.05) is 18.5 Å². The summed E-state index contributed by atoms with van der Waals surface area (Å²) in [5.41, 5.74) is 0.917. The predicted octanol–water partition coefficient (Wildman–Crippen LogP) is 4.36. The highest BCUT2D eigenvalue weighted by molar-refractivity contribution is 7.80. The Labute approximate surface area is 155 Å². The second-order valence-electron chi connectivity index (χ2n) is 7.07. The summed E-state index contributed by atoms with van der Waals surface area (Å²) in [7, 11) is 0. The van der Waals surface area contributed by atoms with Gasteiger partial charge >= 0.3 is 0 Å². The number of benzene rings is 1. The summed E-state index contributed by atoms with van der Waals surface area (Å²) < 4.78 is 5.54. The van der Waals surface area contributed by atoms with E-state index in [2.05, 4.69) is 10.2 Å². The number of hydrogen-bond acceptors (Lipinski definition) is 3. The topological polar surface area (TPSA) is 41.6 Å². The summed E-state index contributed by atoms with van der Waals surface area (Å²) in [5.74, 6) is 1.03. The lowest BCUT2D eigenvalue weighted by Crippen LogP contribution is -2.49. The van der Waals surface area contributed by atoms with Gasteiger partial charge < -0.3 is 15.0 Å². The summed E-state index contributed by atoms with van der Waals surface area (Å²) >= 11 is 5.19. The van der Waals surface area contributed by atoms with E-state index in [0.29, 0.717) is 36.6 Å². The second-order valence-corrected chi connectivity index (χ2v) is 7.44. The van der Waals surface area contributed by atoms with Crippen LogP contribution >= 0.6 is 12.2 Å². The number of rotatable bonds is 5. The molecule has 2 fully saturated rings. The van der Waals surface area contributed by atoms with Crippen LogP contribution in [0, 0.1) is 5.92 Å². The Balaban J connectivity index is 1.37. The van der Waals surface area contributed by atoms with E-state index in [4.69, 9.17) is 17.0 Å². The molecule has 136 valence electrons. The first kappa shape index (κ1) is 18.2. The molecule has 0 spiro atoms. The van der Waals surface area contributed by atoms with E-state index in [1.807, 2.05) is 30.3 Å². The molecule has 1 aliphatic heterocycles. The van der Waals surface area contributed by atoms with Gasteiger partial charge in [0.1, 0.15) is 0 Å². The van der Waals surface area contributed by atoms with E-state index < -0.39 is 0 Å². The van der Waals surface area contributed by atoms with Crippen LogP contribution < -0.4 is 5.32 Å². The molecule has 1 saturated carbocycles. The average molecular weight is 361 g/mol. The predicted molar refractivity (Wildman–Crippen MR) is 105 cm³/mol. The van der Waals surface area contributed by atoms with Gasteiger partial charge in [0.05, 0.1) is 6.61 Å². The zero-order valence-electron chi connectivity index (χ0n) is 14.8. The van der Waals surface area contributed by atoms with Gasteiger partial charge in [-0.25, -0.2) is 0 Å². The van der Waals surface area contributed by atoms with Crippen LogP contribution in [0.4, 0.5) is 5.69 Å². The number of anilines is 1. The average Bonchev–Trinajstić information content (AvgIpc) is 2.65. The van der Waals surface area contributed by atoms with Crippen molar-refractivity contribution in [3.8, 4) is 0 Å². The highest BCUT2D eigenvalue weighted by Crippen LogP contribution is 2.35. The van der Waals surface area contributed by atoms with E-state index in [9.17, 15) is 4.79 Å². The Bertz CT molecular complexity index is 576. The third-order valence-electron chi connectivity index (χ3n) is 5.35. The van der Waals surface area contributed by atoms with Crippen LogP contribution in [0.3, 0.4) is 0 Å². The van der Waals surface area contributed by atoms with Crippen LogP contribution in [0.25, 0.3) is 0 Å². The molecule has 1 aromatic carbocycles. The SMILES string of the molecule is O=C(CCCOC(=S)Nc1ccccc1)N1CCCC2CCCCC21. The van der Waals surface area contributed by atoms with Gasteiger partial charge in [-0.1, -0.05) is 31.0 Å². The first-order chi connectivity index (χ1) is 12.2. The Morgan fingerprint density at radius 3 is 2.76 bits per heavy atom. The first-order valence-corrected chi connectivity index (χ1v) is 9.93. The van der Waals surface area contributed by atoms with Crippen molar-refractivity contribution in [2.45, 2.75) is 57.4 Å². The normalized spacial score (nSPS) is 22.8. The third-order valence-corrected chi connectivity index (χ3v) is 5.57. The number of hydrogen-bond donors (Lipinski definition) is 1. The fraction of sp³-hybridized carbons (Fsp3) is 0.600. The molecule has 2 unspecified atom stereocenters. The molecule has 4 nitrogen and oxygen atoms in total. The van der Waals surface area contributed by atoms with Crippen molar-refractivity contribution in [3.05, 3.63) is 30.3 Å². The van der Waals surface area contributed by atoms with Crippen LogP contribution in [-0.2, 0) is 9.53 Å². The van der Waals surface area contributed by atoms with Crippen molar-refractivity contribution >= 4 is 29.0 Å². The highest BCUT2D eigenvalue weighted by Gasteiger charge is 2.35. The van der Waals surface area contributed by atoms with Gasteiger partial charge in [0.15, 0.2) is 0 Å². The molecule has 1 saturated heterocycles. The summed E-state index contributed by atoms with van der Waals surface area (Å²) in [6, 6.07) is 10.2. The number of piperidine rings is 1. The Morgan fingerprint density at radius 1 is 1.16 bits per heavy atom. The summed E-state index contributed by atoms with van der Waals surface area (Å²) in [6.45, 7) is 1.42. The largest absolute Gasteiger partial charge is 0.471 e. The van der Waals surface area contributed by atoms with E-state index in [1.54, 1.807) is 0 Å². The molecule has 1 amide bonds. The number of thiocarbonyl (C=S) groups is 1. The molecular formula is C20H28N2O2S. The molecule has 1 N–H and O–H groups in total. The number of para-hydroxylation sites is 1. The lowest BCUT2D eigenvalue weighted by atomic mass is 9.78. The number of amides is 1. The fourth-order valence-electron chi connectivity index (χ4n) is 4.14. The molecule has 25 heavy (non-hydrogen) atoms. The molecule has 0 radical (unpaired) electrons. The molecular weight excluding hydrogens is 332 g/mol. The Kier molecular flexibility index (Phi) is 6.68. The molecule has 2 atom stereocenters. The maximum absolute atomic E-state index is 12.6. The molecule has 0 aromatic heterocycles. The van der Waals surface area contributed by atoms with Gasteiger partial charge in [-0.3, -0.25) is 4.79 Å². The Morgan fingerprint density at radius 2 is 1.92 bits per heavy atom. The monoisotopic (exact) mass is 360 g/mol. The summed E-state index contributed by atoms with van der Waals surface area (Å²) in [6.07, 6.45) is 8.83. The molecule has 1 aliphatic carbocycles. The van der Waals surface area contributed by atoms with E-state index in [-0.39, 0.29) is 0 Å². The minimum Gasteiger partial charge on any atom is -0.471 e. The number of nitrogens with one attached hydrogen (secondary N) is 1.